The van der Waals surface area contributed by atoms with E-state index >= 15 is 0 Å². The Hall–Kier alpha value is -1.71. The molecule has 4 heteroatoms. The third kappa shape index (κ3) is 3.65. The van der Waals surface area contributed by atoms with Crippen LogP contribution in [0.3, 0.4) is 0 Å². The van der Waals surface area contributed by atoms with Gasteiger partial charge in [0.05, 0.1) is 6.61 Å². The molecule has 1 aromatic rings. The van der Waals surface area contributed by atoms with E-state index in [0.717, 1.165) is 41.8 Å². The van der Waals surface area contributed by atoms with Crippen molar-refractivity contribution in [3.05, 3.63) is 23.3 Å². The van der Waals surface area contributed by atoms with Gasteiger partial charge in [-0.1, -0.05) is 20.8 Å². The van der Waals surface area contributed by atoms with Crippen molar-refractivity contribution in [1.82, 2.24) is 0 Å². The SMILES string of the molecule is CCCOC(=O)Nc1cc(CC)c(N)c(CC)c1. The standard InChI is InChI=1S/C14H22N2O2/c1-4-7-18-14(17)16-12-8-10(5-2)13(15)11(6-3)9-12/h8-9H,4-7,15H2,1-3H3,(H,16,17). The summed E-state index contributed by atoms with van der Waals surface area (Å²) in [5, 5.41) is 2.74. The number of amides is 1. The molecule has 0 fully saturated rings. The van der Waals surface area contributed by atoms with E-state index in [4.69, 9.17) is 10.5 Å². The van der Waals surface area contributed by atoms with Crippen LogP contribution in [0.4, 0.5) is 16.2 Å². The minimum absolute atomic E-state index is 0.411. The second-order valence-corrected chi connectivity index (χ2v) is 4.18. The van der Waals surface area contributed by atoms with Crippen molar-refractivity contribution in [3.8, 4) is 0 Å². The van der Waals surface area contributed by atoms with Gasteiger partial charge in [-0.25, -0.2) is 4.79 Å². The Kier molecular flexibility index (Phi) is 5.49. The van der Waals surface area contributed by atoms with Gasteiger partial charge >= 0.3 is 6.09 Å². The number of nitrogen functional groups attached to an aromatic ring is 1. The van der Waals surface area contributed by atoms with E-state index < -0.39 is 6.09 Å². The van der Waals surface area contributed by atoms with E-state index in [-0.39, 0.29) is 0 Å². The molecule has 0 aliphatic carbocycles. The first kappa shape index (κ1) is 14.4. The summed E-state index contributed by atoms with van der Waals surface area (Å²) in [5.41, 5.74) is 9.73. The molecule has 0 aliphatic heterocycles. The van der Waals surface area contributed by atoms with Gasteiger partial charge in [-0.15, -0.1) is 0 Å². The number of carbonyl (C=O) groups is 1. The van der Waals surface area contributed by atoms with Crippen LogP contribution in [0.25, 0.3) is 0 Å². The van der Waals surface area contributed by atoms with E-state index in [0.29, 0.717) is 6.61 Å². The van der Waals surface area contributed by atoms with Crippen LogP contribution < -0.4 is 11.1 Å². The van der Waals surface area contributed by atoms with E-state index in [1.54, 1.807) is 0 Å². The molecule has 1 amide bonds. The van der Waals surface area contributed by atoms with Crippen molar-refractivity contribution in [1.29, 1.82) is 0 Å². The van der Waals surface area contributed by atoms with Gasteiger partial charge in [0.15, 0.2) is 0 Å². The van der Waals surface area contributed by atoms with Crippen LogP contribution in [-0.2, 0) is 17.6 Å². The predicted molar refractivity (Wildman–Crippen MR) is 74.9 cm³/mol. The van der Waals surface area contributed by atoms with Crippen LogP contribution in [0.15, 0.2) is 12.1 Å². The maximum atomic E-state index is 11.5. The summed E-state index contributed by atoms with van der Waals surface area (Å²) in [5.74, 6) is 0. The highest BCUT2D eigenvalue weighted by Crippen LogP contribution is 2.24. The Morgan fingerprint density at radius 3 is 2.22 bits per heavy atom. The molecule has 3 N–H and O–H groups in total. The van der Waals surface area contributed by atoms with Crippen LogP contribution in [0.1, 0.15) is 38.3 Å². The molecule has 0 saturated carbocycles. The van der Waals surface area contributed by atoms with Crippen LogP contribution in [0, 0.1) is 0 Å². The third-order valence-corrected chi connectivity index (χ3v) is 2.80. The van der Waals surface area contributed by atoms with Crippen molar-refractivity contribution < 1.29 is 9.53 Å². The van der Waals surface area contributed by atoms with Gasteiger partial charge in [0.25, 0.3) is 0 Å². The molecule has 0 aliphatic rings. The number of benzene rings is 1. The second kappa shape index (κ2) is 6.89. The first-order valence-electron chi connectivity index (χ1n) is 6.47. The molecule has 0 unspecified atom stereocenters. The topological polar surface area (TPSA) is 64.3 Å². The van der Waals surface area contributed by atoms with Crippen LogP contribution in [-0.4, -0.2) is 12.7 Å². The average molecular weight is 250 g/mol. The zero-order valence-electron chi connectivity index (χ0n) is 11.4. The molecular weight excluding hydrogens is 228 g/mol. The maximum absolute atomic E-state index is 11.5. The summed E-state index contributed by atoms with van der Waals surface area (Å²) in [7, 11) is 0. The predicted octanol–water partition coefficient (Wildman–Crippen LogP) is 3.35. The van der Waals surface area contributed by atoms with E-state index in [1.165, 1.54) is 0 Å². The first-order valence-corrected chi connectivity index (χ1v) is 6.47. The molecule has 1 rings (SSSR count). The van der Waals surface area contributed by atoms with Gasteiger partial charge in [-0.05, 0) is 42.5 Å². The highest BCUT2D eigenvalue weighted by atomic mass is 16.5. The number of hydrogen-bond donors (Lipinski definition) is 2. The van der Waals surface area contributed by atoms with Crippen molar-refractivity contribution in [2.24, 2.45) is 0 Å². The lowest BCUT2D eigenvalue weighted by Gasteiger charge is -2.13. The van der Waals surface area contributed by atoms with Crippen LogP contribution in [0.2, 0.25) is 0 Å². The molecule has 0 heterocycles. The van der Waals surface area contributed by atoms with E-state index in [9.17, 15) is 4.79 Å². The van der Waals surface area contributed by atoms with E-state index in [2.05, 4.69) is 5.32 Å². The fourth-order valence-electron chi connectivity index (χ4n) is 1.78. The summed E-state index contributed by atoms with van der Waals surface area (Å²) in [6.45, 7) is 6.48. The van der Waals surface area contributed by atoms with Gasteiger partial charge < -0.3 is 10.5 Å². The quantitative estimate of drug-likeness (QED) is 0.788. The molecule has 1 aromatic carbocycles. The highest BCUT2D eigenvalue weighted by Gasteiger charge is 2.08. The fourth-order valence-corrected chi connectivity index (χ4v) is 1.78. The lowest BCUT2D eigenvalue weighted by atomic mass is 10.0. The lowest BCUT2D eigenvalue weighted by molar-refractivity contribution is 0.161. The Bertz CT molecular complexity index is 391. The largest absolute Gasteiger partial charge is 0.449 e. The molecular formula is C14H22N2O2. The number of rotatable bonds is 5. The number of aryl methyl sites for hydroxylation is 2. The van der Waals surface area contributed by atoms with Gasteiger partial charge in [-0.2, -0.15) is 0 Å². The Balaban J connectivity index is 2.86. The molecule has 0 radical (unpaired) electrons. The van der Waals surface area contributed by atoms with Crippen molar-refractivity contribution in [2.45, 2.75) is 40.0 Å². The summed E-state index contributed by atoms with van der Waals surface area (Å²) in [6.07, 6.45) is 2.09. The van der Waals surface area contributed by atoms with Crippen molar-refractivity contribution in [2.75, 3.05) is 17.7 Å². The molecule has 0 saturated heterocycles. The number of nitrogens with one attached hydrogen (secondary N) is 1. The minimum atomic E-state index is -0.411. The molecule has 4 nitrogen and oxygen atoms in total. The Morgan fingerprint density at radius 1 is 1.22 bits per heavy atom. The number of ether oxygens (including phenoxy) is 1. The molecule has 18 heavy (non-hydrogen) atoms. The highest BCUT2D eigenvalue weighted by molar-refractivity contribution is 5.85. The summed E-state index contributed by atoms with van der Waals surface area (Å²) in [6, 6.07) is 3.81. The number of anilines is 2. The smallest absolute Gasteiger partial charge is 0.411 e. The molecule has 0 atom stereocenters. The summed E-state index contributed by atoms with van der Waals surface area (Å²) < 4.78 is 4.99. The third-order valence-electron chi connectivity index (χ3n) is 2.80. The summed E-state index contributed by atoms with van der Waals surface area (Å²) in [4.78, 5) is 11.5. The fraction of sp³-hybridized carbons (Fsp3) is 0.500. The molecule has 0 bridgehead atoms. The first-order chi connectivity index (χ1) is 8.62. The average Bonchev–Trinajstić information content (AvgIpc) is 2.38. The van der Waals surface area contributed by atoms with Gasteiger partial charge in [0.1, 0.15) is 0 Å². The molecule has 0 spiro atoms. The van der Waals surface area contributed by atoms with Gasteiger partial charge in [0, 0.05) is 11.4 Å². The summed E-state index contributed by atoms with van der Waals surface area (Å²) >= 11 is 0. The normalized spacial score (nSPS) is 10.2. The Labute approximate surface area is 109 Å². The monoisotopic (exact) mass is 250 g/mol. The van der Waals surface area contributed by atoms with Crippen molar-refractivity contribution in [3.63, 3.8) is 0 Å². The zero-order chi connectivity index (χ0) is 13.5. The Morgan fingerprint density at radius 2 is 1.78 bits per heavy atom. The zero-order valence-corrected chi connectivity index (χ0v) is 11.4. The van der Waals surface area contributed by atoms with Gasteiger partial charge in [-0.3, -0.25) is 5.32 Å². The molecule has 100 valence electrons. The molecule has 0 aromatic heterocycles. The maximum Gasteiger partial charge on any atom is 0.411 e. The number of hydrogen-bond acceptors (Lipinski definition) is 3. The van der Waals surface area contributed by atoms with Gasteiger partial charge in [0.2, 0.25) is 0 Å². The second-order valence-electron chi connectivity index (χ2n) is 4.18. The van der Waals surface area contributed by atoms with Crippen molar-refractivity contribution >= 4 is 17.5 Å². The lowest BCUT2D eigenvalue weighted by Crippen LogP contribution is -2.15. The van der Waals surface area contributed by atoms with Crippen LogP contribution in [0.5, 0.6) is 0 Å². The number of nitrogens with two attached hydrogens (primary N) is 1. The van der Waals surface area contributed by atoms with Crippen LogP contribution >= 0.6 is 0 Å². The van der Waals surface area contributed by atoms with E-state index in [1.807, 2.05) is 32.9 Å². The minimum Gasteiger partial charge on any atom is -0.449 e. The number of carbonyl (C=O) groups excluding carboxylic acids is 1.